The second-order valence-corrected chi connectivity index (χ2v) is 5.06. The van der Waals surface area contributed by atoms with Crippen LogP contribution in [0.5, 0.6) is 0 Å². The molecule has 2 rings (SSSR count). The third-order valence-corrected chi connectivity index (χ3v) is 3.50. The molecule has 0 bridgehead atoms. The highest BCUT2D eigenvalue weighted by atomic mass is 16.5. The SMILES string of the molecule is CCc1c(C)nn(C)c1NC(=O)N(CC)Cc1noc(C)n1. The monoisotopic (exact) mass is 306 g/mol. The Labute approximate surface area is 129 Å². The van der Waals surface area contributed by atoms with Crippen molar-refractivity contribution in [3.05, 3.63) is 23.0 Å². The molecule has 0 spiro atoms. The lowest BCUT2D eigenvalue weighted by atomic mass is 10.2. The highest BCUT2D eigenvalue weighted by molar-refractivity contribution is 5.89. The van der Waals surface area contributed by atoms with E-state index in [9.17, 15) is 4.79 Å². The fraction of sp³-hybridized carbons (Fsp3) is 0.571. The van der Waals surface area contributed by atoms with E-state index in [1.807, 2.05) is 27.8 Å². The molecule has 2 aromatic rings. The molecule has 0 aliphatic rings. The van der Waals surface area contributed by atoms with Crippen molar-refractivity contribution in [2.45, 2.75) is 40.7 Å². The zero-order chi connectivity index (χ0) is 16.3. The van der Waals surface area contributed by atoms with Crippen molar-refractivity contribution in [1.29, 1.82) is 0 Å². The molecule has 0 unspecified atom stereocenters. The molecule has 2 aromatic heterocycles. The molecule has 2 amide bonds. The van der Waals surface area contributed by atoms with Gasteiger partial charge in [0.25, 0.3) is 0 Å². The molecule has 8 nitrogen and oxygen atoms in total. The highest BCUT2D eigenvalue weighted by Crippen LogP contribution is 2.19. The first-order valence-electron chi connectivity index (χ1n) is 7.33. The van der Waals surface area contributed by atoms with Crippen LogP contribution < -0.4 is 5.32 Å². The van der Waals surface area contributed by atoms with E-state index in [0.717, 1.165) is 23.5 Å². The lowest BCUT2D eigenvalue weighted by molar-refractivity contribution is 0.209. The Kier molecular flexibility index (Phi) is 4.79. The molecule has 2 heterocycles. The molecule has 0 saturated carbocycles. The van der Waals surface area contributed by atoms with Gasteiger partial charge in [0, 0.05) is 26.1 Å². The van der Waals surface area contributed by atoms with Crippen LogP contribution in [-0.2, 0) is 20.0 Å². The summed E-state index contributed by atoms with van der Waals surface area (Å²) in [5, 5.41) is 11.1. The van der Waals surface area contributed by atoms with Crippen molar-refractivity contribution >= 4 is 11.8 Å². The number of nitrogens with zero attached hydrogens (tertiary/aromatic N) is 5. The zero-order valence-electron chi connectivity index (χ0n) is 13.7. The molecule has 8 heteroatoms. The lowest BCUT2D eigenvalue weighted by Crippen LogP contribution is -2.35. The van der Waals surface area contributed by atoms with Crippen molar-refractivity contribution in [3.63, 3.8) is 0 Å². The van der Waals surface area contributed by atoms with Crippen LogP contribution in [-0.4, -0.2) is 37.4 Å². The summed E-state index contributed by atoms with van der Waals surface area (Å²) in [4.78, 5) is 18.2. The normalized spacial score (nSPS) is 10.8. The van der Waals surface area contributed by atoms with Crippen molar-refractivity contribution in [1.82, 2.24) is 24.8 Å². The maximum absolute atomic E-state index is 12.5. The van der Waals surface area contributed by atoms with Crippen LogP contribution >= 0.6 is 0 Å². The van der Waals surface area contributed by atoms with Crippen LogP contribution in [0.2, 0.25) is 0 Å². The van der Waals surface area contributed by atoms with Crippen molar-refractivity contribution in [3.8, 4) is 0 Å². The number of urea groups is 1. The maximum atomic E-state index is 12.5. The van der Waals surface area contributed by atoms with E-state index in [0.29, 0.717) is 24.8 Å². The van der Waals surface area contributed by atoms with E-state index in [1.54, 1.807) is 16.5 Å². The standard InChI is InChI=1S/C14H22N6O2/c1-6-11-9(3)17-19(5)13(11)16-14(21)20(7-2)8-12-15-10(4)22-18-12/h6-8H2,1-5H3,(H,16,21). The third-order valence-electron chi connectivity index (χ3n) is 3.50. The van der Waals surface area contributed by atoms with Gasteiger partial charge in [0.1, 0.15) is 5.82 Å². The fourth-order valence-corrected chi connectivity index (χ4v) is 2.37. The Morgan fingerprint density at radius 3 is 2.64 bits per heavy atom. The number of rotatable bonds is 5. The molecule has 22 heavy (non-hydrogen) atoms. The quantitative estimate of drug-likeness (QED) is 0.913. The Balaban J connectivity index is 2.12. The smallest absolute Gasteiger partial charge is 0.323 e. The van der Waals surface area contributed by atoms with Gasteiger partial charge in [-0.15, -0.1) is 0 Å². The number of aryl methyl sites for hydroxylation is 3. The van der Waals surface area contributed by atoms with E-state index in [-0.39, 0.29) is 6.03 Å². The van der Waals surface area contributed by atoms with E-state index >= 15 is 0 Å². The van der Waals surface area contributed by atoms with Gasteiger partial charge >= 0.3 is 6.03 Å². The van der Waals surface area contributed by atoms with Crippen LogP contribution in [0.25, 0.3) is 0 Å². The Morgan fingerprint density at radius 2 is 2.09 bits per heavy atom. The van der Waals surface area contributed by atoms with Crippen molar-refractivity contribution < 1.29 is 9.32 Å². The van der Waals surface area contributed by atoms with Gasteiger partial charge in [-0.2, -0.15) is 10.1 Å². The second kappa shape index (κ2) is 6.59. The molecular weight excluding hydrogens is 284 g/mol. The summed E-state index contributed by atoms with van der Waals surface area (Å²) in [6.07, 6.45) is 0.811. The zero-order valence-corrected chi connectivity index (χ0v) is 13.7. The summed E-state index contributed by atoms with van der Waals surface area (Å²) in [6, 6.07) is -0.206. The summed E-state index contributed by atoms with van der Waals surface area (Å²) < 4.78 is 6.63. The van der Waals surface area contributed by atoms with Crippen LogP contribution in [0.15, 0.2) is 4.52 Å². The number of carbonyl (C=O) groups is 1. The first-order valence-corrected chi connectivity index (χ1v) is 7.33. The number of hydrogen-bond acceptors (Lipinski definition) is 5. The molecule has 0 saturated heterocycles. The minimum Gasteiger partial charge on any atom is -0.340 e. The second-order valence-electron chi connectivity index (χ2n) is 5.06. The van der Waals surface area contributed by atoms with Gasteiger partial charge in [0.05, 0.1) is 12.2 Å². The van der Waals surface area contributed by atoms with Gasteiger partial charge in [-0.3, -0.25) is 10.00 Å². The van der Waals surface area contributed by atoms with Crippen LogP contribution in [0.3, 0.4) is 0 Å². The summed E-state index contributed by atoms with van der Waals surface area (Å²) in [7, 11) is 1.82. The minimum absolute atomic E-state index is 0.206. The molecular formula is C14H22N6O2. The third kappa shape index (κ3) is 3.26. The molecule has 1 N–H and O–H groups in total. The van der Waals surface area contributed by atoms with Gasteiger partial charge in [-0.05, 0) is 20.3 Å². The Hall–Kier alpha value is -2.38. The Morgan fingerprint density at radius 1 is 1.36 bits per heavy atom. The van der Waals surface area contributed by atoms with Gasteiger partial charge in [-0.25, -0.2) is 4.79 Å². The highest BCUT2D eigenvalue weighted by Gasteiger charge is 2.19. The maximum Gasteiger partial charge on any atom is 0.323 e. The number of amides is 2. The van der Waals surface area contributed by atoms with Gasteiger partial charge < -0.3 is 9.42 Å². The van der Waals surface area contributed by atoms with Crippen LogP contribution in [0.4, 0.5) is 10.6 Å². The first kappa shape index (κ1) is 16.0. The summed E-state index contributed by atoms with van der Waals surface area (Å²) >= 11 is 0. The summed E-state index contributed by atoms with van der Waals surface area (Å²) in [6.45, 7) is 8.45. The fourth-order valence-electron chi connectivity index (χ4n) is 2.37. The van der Waals surface area contributed by atoms with E-state index in [4.69, 9.17) is 4.52 Å². The molecule has 0 aliphatic carbocycles. The molecule has 0 aliphatic heterocycles. The number of anilines is 1. The van der Waals surface area contributed by atoms with E-state index in [2.05, 4.69) is 20.6 Å². The predicted molar refractivity (Wildman–Crippen MR) is 81.5 cm³/mol. The summed E-state index contributed by atoms with van der Waals surface area (Å²) in [5.41, 5.74) is 1.97. The Bertz CT molecular complexity index is 660. The largest absolute Gasteiger partial charge is 0.340 e. The molecule has 0 atom stereocenters. The lowest BCUT2D eigenvalue weighted by Gasteiger charge is -2.20. The first-order chi connectivity index (χ1) is 10.5. The van der Waals surface area contributed by atoms with Gasteiger partial charge in [0.2, 0.25) is 5.89 Å². The summed E-state index contributed by atoms with van der Waals surface area (Å²) in [5.74, 6) is 1.71. The number of nitrogens with one attached hydrogen (secondary N) is 1. The molecule has 0 aromatic carbocycles. The molecule has 0 radical (unpaired) electrons. The predicted octanol–water partition coefficient (Wildman–Crippen LogP) is 2.04. The van der Waals surface area contributed by atoms with E-state index in [1.165, 1.54) is 0 Å². The van der Waals surface area contributed by atoms with Gasteiger partial charge in [0.15, 0.2) is 5.82 Å². The van der Waals surface area contributed by atoms with Crippen LogP contribution in [0, 0.1) is 13.8 Å². The van der Waals surface area contributed by atoms with Crippen LogP contribution in [0.1, 0.15) is 36.8 Å². The van der Waals surface area contributed by atoms with Gasteiger partial charge in [-0.1, -0.05) is 12.1 Å². The average Bonchev–Trinajstić information content (AvgIpc) is 3.00. The topological polar surface area (TPSA) is 89.1 Å². The van der Waals surface area contributed by atoms with Crippen molar-refractivity contribution in [2.24, 2.45) is 7.05 Å². The number of aromatic nitrogens is 4. The van der Waals surface area contributed by atoms with Crippen molar-refractivity contribution in [2.75, 3.05) is 11.9 Å². The van der Waals surface area contributed by atoms with E-state index < -0.39 is 0 Å². The number of carbonyl (C=O) groups excluding carboxylic acids is 1. The average molecular weight is 306 g/mol. The molecule has 0 fully saturated rings. The minimum atomic E-state index is -0.206. The molecule has 120 valence electrons. The number of hydrogen-bond donors (Lipinski definition) is 1.